The Hall–Kier alpha value is -2.47. The van der Waals surface area contributed by atoms with Crippen LogP contribution in [0, 0.1) is 13.8 Å². The van der Waals surface area contributed by atoms with E-state index in [4.69, 9.17) is 4.74 Å². The first-order chi connectivity index (χ1) is 12.5. The molecular formula is C20H22N2O3S. The molecule has 6 heteroatoms. The smallest absolute Gasteiger partial charge is 0.238 e. The maximum atomic E-state index is 12.4. The lowest BCUT2D eigenvalue weighted by Crippen LogP contribution is -2.32. The minimum absolute atomic E-state index is 0.113. The summed E-state index contributed by atoms with van der Waals surface area (Å²) in [6, 6.07) is 11.3. The third-order valence-electron chi connectivity index (χ3n) is 4.33. The van der Waals surface area contributed by atoms with Gasteiger partial charge in [-0.3, -0.25) is 9.59 Å². The van der Waals surface area contributed by atoms with Crippen molar-refractivity contribution in [2.24, 2.45) is 0 Å². The molecule has 0 bridgehead atoms. The van der Waals surface area contributed by atoms with E-state index < -0.39 is 5.25 Å². The Balaban J connectivity index is 1.70. The van der Waals surface area contributed by atoms with E-state index in [0.717, 1.165) is 33.1 Å². The molecular weight excluding hydrogens is 348 g/mol. The van der Waals surface area contributed by atoms with Crippen molar-refractivity contribution in [3.05, 3.63) is 47.5 Å². The summed E-state index contributed by atoms with van der Waals surface area (Å²) in [7, 11) is 0. The summed E-state index contributed by atoms with van der Waals surface area (Å²) in [6.45, 7) is 6.48. The maximum Gasteiger partial charge on any atom is 0.238 e. The van der Waals surface area contributed by atoms with Crippen LogP contribution in [0.1, 0.15) is 24.5 Å². The number of ether oxygens (including phenoxy) is 1. The van der Waals surface area contributed by atoms with E-state index in [2.05, 4.69) is 10.6 Å². The third kappa shape index (κ3) is 4.02. The van der Waals surface area contributed by atoms with Crippen LogP contribution in [0.2, 0.25) is 0 Å². The van der Waals surface area contributed by atoms with Crippen LogP contribution in [0.3, 0.4) is 0 Å². The van der Waals surface area contributed by atoms with Crippen LogP contribution in [0.15, 0.2) is 41.3 Å². The van der Waals surface area contributed by atoms with E-state index >= 15 is 0 Å². The Labute approximate surface area is 157 Å². The third-order valence-corrected chi connectivity index (χ3v) is 5.59. The number of carbonyl (C=O) groups is 2. The van der Waals surface area contributed by atoms with E-state index in [0.29, 0.717) is 6.61 Å². The fourth-order valence-electron chi connectivity index (χ4n) is 2.77. The molecule has 136 valence electrons. The molecule has 1 atom stereocenters. The minimum Gasteiger partial charge on any atom is -0.494 e. The Morgan fingerprint density at radius 1 is 1.27 bits per heavy atom. The van der Waals surface area contributed by atoms with E-state index in [1.165, 1.54) is 11.8 Å². The van der Waals surface area contributed by atoms with Gasteiger partial charge >= 0.3 is 0 Å². The van der Waals surface area contributed by atoms with Gasteiger partial charge in [0.05, 0.1) is 17.5 Å². The molecule has 2 amide bonds. The molecule has 26 heavy (non-hydrogen) atoms. The predicted octanol–water partition coefficient (Wildman–Crippen LogP) is 4.14. The number of thioether (sulfide) groups is 1. The van der Waals surface area contributed by atoms with Crippen LogP contribution in [-0.4, -0.2) is 23.7 Å². The predicted molar refractivity (Wildman–Crippen MR) is 105 cm³/mol. The minimum atomic E-state index is -0.468. The highest BCUT2D eigenvalue weighted by Gasteiger charge is 2.29. The molecule has 1 aliphatic rings. The van der Waals surface area contributed by atoms with Crippen LogP contribution >= 0.6 is 11.8 Å². The molecule has 0 radical (unpaired) electrons. The Morgan fingerprint density at radius 3 is 2.85 bits per heavy atom. The van der Waals surface area contributed by atoms with Crippen LogP contribution in [0.5, 0.6) is 5.75 Å². The van der Waals surface area contributed by atoms with Crippen molar-refractivity contribution in [3.8, 4) is 5.75 Å². The number of fused-ring (bicyclic) bond motifs is 1. The summed E-state index contributed by atoms with van der Waals surface area (Å²) in [4.78, 5) is 25.7. The Bertz CT molecular complexity index is 851. The Kier molecular flexibility index (Phi) is 5.52. The first kappa shape index (κ1) is 18.3. The van der Waals surface area contributed by atoms with Crippen molar-refractivity contribution in [3.63, 3.8) is 0 Å². The van der Waals surface area contributed by atoms with Gasteiger partial charge in [0, 0.05) is 17.0 Å². The van der Waals surface area contributed by atoms with Gasteiger partial charge in [-0.05, 0) is 56.2 Å². The second kappa shape index (κ2) is 7.83. The zero-order valence-corrected chi connectivity index (χ0v) is 15.9. The lowest BCUT2D eigenvalue weighted by atomic mass is 10.1. The molecule has 0 spiro atoms. The van der Waals surface area contributed by atoms with Crippen molar-refractivity contribution in [2.45, 2.75) is 37.3 Å². The number of hydrogen-bond donors (Lipinski definition) is 2. The average molecular weight is 370 g/mol. The molecule has 2 aromatic carbocycles. The monoisotopic (exact) mass is 370 g/mol. The summed E-state index contributed by atoms with van der Waals surface area (Å²) in [5.74, 6) is 0.437. The summed E-state index contributed by atoms with van der Waals surface area (Å²) in [5, 5.41) is 5.32. The van der Waals surface area contributed by atoms with Gasteiger partial charge in [-0.2, -0.15) is 0 Å². The van der Waals surface area contributed by atoms with Crippen molar-refractivity contribution in [1.82, 2.24) is 0 Å². The molecule has 0 aromatic heterocycles. The molecule has 0 saturated heterocycles. The van der Waals surface area contributed by atoms with Gasteiger partial charge in [0.2, 0.25) is 11.8 Å². The normalized spacial score (nSPS) is 15.8. The van der Waals surface area contributed by atoms with Crippen LogP contribution < -0.4 is 15.4 Å². The maximum absolute atomic E-state index is 12.4. The van der Waals surface area contributed by atoms with Crippen molar-refractivity contribution < 1.29 is 14.3 Å². The molecule has 2 N–H and O–H groups in total. The van der Waals surface area contributed by atoms with Crippen molar-refractivity contribution in [1.29, 1.82) is 0 Å². The first-order valence-corrected chi connectivity index (χ1v) is 9.46. The molecule has 3 rings (SSSR count). The number of aryl methyl sites for hydroxylation is 1. The highest BCUT2D eigenvalue weighted by Crippen LogP contribution is 2.39. The fourth-order valence-corrected chi connectivity index (χ4v) is 3.91. The van der Waals surface area contributed by atoms with E-state index in [1.54, 1.807) is 0 Å². The number of nitrogens with one attached hydrogen (secondary N) is 2. The lowest BCUT2D eigenvalue weighted by molar-refractivity contribution is -0.120. The largest absolute Gasteiger partial charge is 0.494 e. The Morgan fingerprint density at radius 2 is 2.08 bits per heavy atom. The summed E-state index contributed by atoms with van der Waals surface area (Å²) in [6.07, 6.45) is 0.113. The molecule has 1 unspecified atom stereocenters. The molecule has 1 heterocycles. The van der Waals surface area contributed by atoms with E-state index in [1.807, 2.05) is 57.2 Å². The van der Waals surface area contributed by atoms with Gasteiger partial charge in [0.15, 0.2) is 0 Å². The zero-order chi connectivity index (χ0) is 18.7. The van der Waals surface area contributed by atoms with Crippen LogP contribution in [0.4, 0.5) is 11.4 Å². The van der Waals surface area contributed by atoms with Gasteiger partial charge < -0.3 is 15.4 Å². The summed E-state index contributed by atoms with van der Waals surface area (Å²) < 4.78 is 5.51. The van der Waals surface area contributed by atoms with Crippen LogP contribution in [-0.2, 0) is 9.59 Å². The highest BCUT2D eigenvalue weighted by molar-refractivity contribution is 8.01. The van der Waals surface area contributed by atoms with Crippen molar-refractivity contribution >= 4 is 35.0 Å². The van der Waals surface area contributed by atoms with Crippen molar-refractivity contribution in [2.75, 3.05) is 17.2 Å². The standard InChI is InChI=1S/C20H22N2O3S/c1-4-25-14-8-9-16-17(10-14)26-18(20(24)22-16)11-19(23)21-15-7-5-6-12(2)13(15)3/h5-10,18H,4,11H2,1-3H3,(H,21,23)(H,22,24). The molecule has 0 fully saturated rings. The van der Waals surface area contributed by atoms with Gasteiger partial charge in [-0.1, -0.05) is 12.1 Å². The number of carbonyl (C=O) groups excluding carboxylic acids is 2. The van der Waals surface area contributed by atoms with Crippen LogP contribution in [0.25, 0.3) is 0 Å². The highest BCUT2D eigenvalue weighted by atomic mass is 32.2. The summed E-state index contributed by atoms with van der Waals surface area (Å²) in [5.41, 5.74) is 3.70. The first-order valence-electron chi connectivity index (χ1n) is 8.58. The topological polar surface area (TPSA) is 67.4 Å². The molecule has 0 saturated carbocycles. The number of hydrogen-bond acceptors (Lipinski definition) is 4. The van der Waals surface area contributed by atoms with Gasteiger partial charge in [-0.25, -0.2) is 0 Å². The lowest BCUT2D eigenvalue weighted by Gasteiger charge is -2.24. The molecule has 5 nitrogen and oxygen atoms in total. The summed E-state index contributed by atoms with van der Waals surface area (Å²) >= 11 is 1.40. The van der Waals surface area contributed by atoms with E-state index in [-0.39, 0.29) is 18.2 Å². The molecule has 0 aliphatic carbocycles. The van der Waals surface area contributed by atoms with Gasteiger partial charge in [0.25, 0.3) is 0 Å². The number of amides is 2. The number of benzene rings is 2. The zero-order valence-electron chi connectivity index (χ0n) is 15.1. The fraction of sp³-hybridized carbons (Fsp3) is 0.300. The number of anilines is 2. The SMILES string of the molecule is CCOc1ccc2c(c1)SC(CC(=O)Nc1cccc(C)c1C)C(=O)N2. The second-order valence-electron chi connectivity index (χ2n) is 6.19. The quantitative estimate of drug-likeness (QED) is 0.830. The number of rotatable bonds is 5. The molecule has 2 aromatic rings. The van der Waals surface area contributed by atoms with Gasteiger partial charge in [0.1, 0.15) is 5.75 Å². The average Bonchev–Trinajstić information content (AvgIpc) is 2.60. The second-order valence-corrected chi connectivity index (χ2v) is 7.43. The van der Waals surface area contributed by atoms with Gasteiger partial charge in [-0.15, -0.1) is 11.8 Å². The van der Waals surface area contributed by atoms with E-state index in [9.17, 15) is 9.59 Å². The molecule has 1 aliphatic heterocycles.